The molecule has 2 aliphatic rings. The van der Waals surface area contributed by atoms with E-state index in [1.54, 1.807) is 0 Å². The fourth-order valence-electron chi connectivity index (χ4n) is 2.52. The van der Waals surface area contributed by atoms with E-state index in [2.05, 4.69) is 17.6 Å². The van der Waals surface area contributed by atoms with Gasteiger partial charge in [0, 0.05) is 12.1 Å². The van der Waals surface area contributed by atoms with Gasteiger partial charge in [0.25, 0.3) is 0 Å². The van der Waals surface area contributed by atoms with Crippen LogP contribution in [0.1, 0.15) is 52.4 Å². The minimum atomic E-state index is -0.0263. The first-order chi connectivity index (χ1) is 7.66. The van der Waals surface area contributed by atoms with Crippen LogP contribution in [0.15, 0.2) is 0 Å². The molecular formula is C13H25ClN2O. The molecule has 0 aromatic heterocycles. The number of hydrogen-bond donors (Lipinski definition) is 2. The second-order valence-corrected chi connectivity index (χ2v) is 5.54. The van der Waals surface area contributed by atoms with E-state index in [0.717, 1.165) is 6.42 Å². The summed E-state index contributed by atoms with van der Waals surface area (Å²) in [6.45, 7) is 4.23. The topological polar surface area (TPSA) is 41.1 Å². The summed E-state index contributed by atoms with van der Waals surface area (Å²) >= 11 is 0. The summed E-state index contributed by atoms with van der Waals surface area (Å²) in [5, 5.41) is 6.55. The summed E-state index contributed by atoms with van der Waals surface area (Å²) in [6, 6.07) is 0.982. The zero-order chi connectivity index (χ0) is 11.5. The second kappa shape index (κ2) is 6.60. The van der Waals surface area contributed by atoms with Crippen LogP contribution in [0.4, 0.5) is 0 Å². The van der Waals surface area contributed by atoms with Crippen LogP contribution in [-0.4, -0.2) is 24.0 Å². The molecule has 0 aromatic rings. The molecule has 2 rings (SSSR count). The lowest BCUT2D eigenvalue weighted by molar-refractivity contribution is -0.124. The minimum Gasteiger partial charge on any atom is -0.352 e. The third-order valence-corrected chi connectivity index (χ3v) is 3.90. The van der Waals surface area contributed by atoms with Crippen molar-refractivity contribution in [2.45, 2.75) is 70.5 Å². The molecule has 3 atom stereocenters. The highest BCUT2D eigenvalue weighted by Gasteiger charge is 2.28. The second-order valence-electron chi connectivity index (χ2n) is 5.54. The molecule has 0 heterocycles. The average molecular weight is 261 g/mol. The summed E-state index contributed by atoms with van der Waals surface area (Å²) in [4.78, 5) is 11.9. The van der Waals surface area contributed by atoms with Crippen LogP contribution in [0, 0.1) is 5.92 Å². The van der Waals surface area contributed by atoms with Crippen molar-refractivity contribution in [1.82, 2.24) is 10.6 Å². The van der Waals surface area contributed by atoms with Crippen LogP contribution in [0.5, 0.6) is 0 Å². The van der Waals surface area contributed by atoms with Gasteiger partial charge in [-0.05, 0) is 38.5 Å². The molecule has 3 nitrogen and oxygen atoms in total. The van der Waals surface area contributed by atoms with E-state index < -0.39 is 0 Å². The van der Waals surface area contributed by atoms with Gasteiger partial charge in [-0.25, -0.2) is 0 Å². The Morgan fingerprint density at radius 3 is 2.41 bits per heavy atom. The van der Waals surface area contributed by atoms with Crippen molar-refractivity contribution < 1.29 is 4.79 Å². The SMILES string of the molecule is CC(NC1CC1)C(=O)NC1CCCCC1C.Cl. The molecule has 0 bridgehead atoms. The lowest BCUT2D eigenvalue weighted by Gasteiger charge is -2.30. The quantitative estimate of drug-likeness (QED) is 0.814. The van der Waals surface area contributed by atoms with Crippen molar-refractivity contribution in [3.8, 4) is 0 Å². The molecule has 0 aliphatic heterocycles. The number of nitrogens with one attached hydrogen (secondary N) is 2. The third kappa shape index (κ3) is 4.47. The van der Waals surface area contributed by atoms with Gasteiger partial charge in [-0.2, -0.15) is 0 Å². The van der Waals surface area contributed by atoms with Crippen LogP contribution in [0.25, 0.3) is 0 Å². The number of carbonyl (C=O) groups excluding carboxylic acids is 1. The highest BCUT2D eigenvalue weighted by molar-refractivity contribution is 5.85. The molecule has 2 fully saturated rings. The molecule has 2 saturated carbocycles. The molecular weight excluding hydrogens is 236 g/mol. The molecule has 2 aliphatic carbocycles. The maximum absolute atomic E-state index is 11.9. The molecule has 0 spiro atoms. The molecule has 0 aromatic carbocycles. The third-order valence-electron chi connectivity index (χ3n) is 3.90. The van der Waals surface area contributed by atoms with Gasteiger partial charge in [0.1, 0.15) is 0 Å². The van der Waals surface area contributed by atoms with Crippen molar-refractivity contribution >= 4 is 18.3 Å². The number of hydrogen-bond acceptors (Lipinski definition) is 2. The van der Waals surface area contributed by atoms with E-state index in [9.17, 15) is 4.79 Å². The molecule has 100 valence electrons. The number of rotatable bonds is 4. The molecule has 0 saturated heterocycles. The van der Waals surface area contributed by atoms with Crippen LogP contribution >= 0.6 is 12.4 Å². The first-order valence-electron chi connectivity index (χ1n) is 6.73. The van der Waals surface area contributed by atoms with Crippen molar-refractivity contribution in [2.24, 2.45) is 5.92 Å². The van der Waals surface area contributed by atoms with Gasteiger partial charge in [-0.1, -0.05) is 19.8 Å². The molecule has 4 heteroatoms. The Hall–Kier alpha value is -0.280. The maximum Gasteiger partial charge on any atom is 0.237 e. The number of carbonyl (C=O) groups is 1. The first-order valence-corrected chi connectivity index (χ1v) is 6.73. The van der Waals surface area contributed by atoms with Crippen LogP contribution < -0.4 is 10.6 Å². The van der Waals surface area contributed by atoms with Gasteiger partial charge in [-0.15, -0.1) is 12.4 Å². The van der Waals surface area contributed by atoms with Gasteiger partial charge in [-0.3, -0.25) is 4.79 Å². The van der Waals surface area contributed by atoms with Crippen LogP contribution in [0.2, 0.25) is 0 Å². The predicted octanol–water partition coefficient (Wildman–Crippen LogP) is 2.24. The summed E-state index contributed by atoms with van der Waals surface area (Å²) in [5.74, 6) is 0.830. The van der Waals surface area contributed by atoms with Gasteiger partial charge in [0.2, 0.25) is 5.91 Å². The molecule has 3 unspecified atom stereocenters. The fraction of sp³-hybridized carbons (Fsp3) is 0.923. The summed E-state index contributed by atoms with van der Waals surface area (Å²) in [5.41, 5.74) is 0. The Morgan fingerprint density at radius 1 is 1.18 bits per heavy atom. The summed E-state index contributed by atoms with van der Waals surface area (Å²) in [7, 11) is 0. The number of halogens is 1. The maximum atomic E-state index is 11.9. The van der Waals surface area contributed by atoms with Gasteiger partial charge >= 0.3 is 0 Å². The monoisotopic (exact) mass is 260 g/mol. The average Bonchev–Trinajstić information content (AvgIpc) is 3.05. The van der Waals surface area contributed by atoms with Crippen LogP contribution in [0.3, 0.4) is 0 Å². The van der Waals surface area contributed by atoms with E-state index in [1.807, 2.05) is 6.92 Å². The first kappa shape index (κ1) is 14.8. The zero-order valence-corrected chi connectivity index (χ0v) is 11.7. The standard InChI is InChI=1S/C13H24N2O.ClH/c1-9-5-3-4-6-12(9)15-13(16)10(2)14-11-7-8-11;/h9-12,14H,3-8H2,1-2H3,(H,15,16);1H. The Balaban J connectivity index is 0.00000144. The van der Waals surface area contributed by atoms with Crippen molar-refractivity contribution in [2.75, 3.05) is 0 Å². The summed E-state index contributed by atoms with van der Waals surface area (Å²) in [6.07, 6.45) is 7.47. The van der Waals surface area contributed by atoms with Gasteiger partial charge in [0.15, 0.2) is 0 Å². The lowest BCUT2D eigenvalue weighted by Crippen LogP contribution is -2.49. The Kier molecular flexibility index (Phi) is 5.74. The zero-order valence-electron chi connectivity index (χ0n) is 10.9. The van der Waals surface area contributed by atoms with E-state index in [-0.39, 0.29) is 24.4 Å². The van der Waals surface area contributed by atoms with Crippen molar-refractivity contribution in [1.29, 1.82) is 0 Å². The van der Waals surface area contributed by atoms with Gasteiger partial charge < -0.3 is 10.6 Å². The largest absolute Gasteiger partial charge is 0.352 e. The smallest absolute Gasteiger partial charge is 0.237 e. The van der Waals surface area contributed by atoms with Gasteiger partial charge in [0.05, 0.1) is 6.04 Å². The van der Waals surface area contributed by atoms with E-state index in [1.165, 1.54) is 32.1 Å². The summed E-state index contributed by atoms with van der Waals surface area (Å²) < 4.78 is 0. The predicted molar refractivity (Wildman–Crippen MR) is 72.4 cm³/mol. The Labute approximate surface area is 111 Å². The Bertz CT molecular complexity index is 256. The van der Waals surface area contributed by atoms with E-state index in [4.69, 9.17) is 0 Å². The highest BCUT2D eigenvalue weighted by atomic mass is 35.5. The molecule has 17 heavy (non-hydrogen) atoms. The molecule has 2 N–H and O–H groups in total. The van der Waals surface area contributed by atoms with E-state index in [0.29, 0.717) is 18.0 Å². The van der Waals surface area contributed by atoms with Crippen LogP contribution in [-0.2, 0) is 4.79 Å². The Morgan fingerprint density at radius 2 is 1.82 bits per heavy atom. The fourth-order valence-corrected chi connectivity index (χ4v) is 2.52. The van der Waals surface area contributed by atoms with E-state index >= 15 is 0 Å². The normalized spacial score (nSPS) is 30.2. The molecule has 0 radical (unpaired) electrons. The van der Waals surface area contributed by atoms with Crippen molar-refractivity contribution in [3.05, 3.63) is 0 Å². The molecule has 1 amide bonds. The lowest BCUT2D eigenvalue weighted by atomic mass is 9.86. The highest BCUT2D eigenvalue weighted by Crippen LogP contribution is 2.24. The van der Waals surface area contributed by atoms with Crippen molar-refractivity contribution in [3.63, 3.8) is 0 Å². The number of amides is 1. The minimum absolute atomic E-state index is 0.